The normalized spacial score (nSPS) is 12.1. The molecule has 0 aliphatic heterocycles. The lowest BCUT2D eigenvalue weighted by Gasteiger charge is -2.19. The Morgan fingerprint density at radius 3 is 2.38 bits per heavy atom. The fraction of sp³-hybridized carbons (Fsp3) is 0.476. The number of hydrogen-bond donors (Lipinski definition) is 2. The van der Waals surface area contributed by atoms with Crippen molar-refractivity contribution in [3.63, 3.8) is 0 Å². The molecule has 1 rings (SSSR count). The van der Waals surface area contributed by atoms with Crippen LogP contribution in [0.15, 0.2) is 42.5 Å². The van der Waals surface area contributed by atoms with E-state index >= 15 is 0 Å². The SMILES string of the molecule is COC(=O)[C@H](C/C=C/CCNC(=O)OC(C)(C)C)NC(=O)OCc1ccccc1. The van der Waals surface area contributed by atoms with Crippen molar-refractivity contribution in [1.82, 2.24) is 10.6 Å². The van der Waals surface area contributed by atoms with Crippen molar-refractivity contribution < 1.29 is 28.6 Å². The van der Waals surface area contributed by atoms with Gasteiger partial charge in [0.1, 0.15) is 18.2 Å². The van der Waals surface area contributed by atoms with Crippen LogP contribution in [0.2, 0.25) is 0 Å². The van der Waals surface area contributed by atoms with Crippen LogP contribution in [0, 0.1) is 0 Å². The first kappa shape index (κ1) is 24.0. The van der Waals surface area contributed by atoms with Gasteiger partial charge in [-0.2, -0.15) is 0 Å². The number of alkyl carbamates (subject to hydrolysis) is 2. The Hall–Kier alpha value is -3.03. The zero-order chi connectivity index (χ0) is 21.7. The van der Waals surface area contributed by atoms with E-state index in [4.69, 9.17) is 14.2 Å². The zero-order valence-electron chi connectivity index (χ0n) is 17.4. The highest BCUT2D eigenvalue weighted by Crippen LogP contribution is 2.06. The first-order valence-electron chi connectivity index (χ1n) is 9.38. The van der Waals surface area contributed by atoms with Crippen LogP contribution in [0.4, 0.5) is 9.59 Å². The van der Waals surface area contributed by atoms with E-state index in [1.54, 1.807) is 32.9 Å². The third-order valence-corrected chi connectivity index (χ3v) is 3.51. The van der Waals surface area contributed by atoms with Gasteiger partial charge in [0.25, 0.3) is 0 Å². The number of carbonyl (C=O) groups is 3. The summed E-state index contributed by atoms with van der Waals surface area (Å²) in [5.74, 6) is -0.571. The Morgan fingerprint density at radius 1 is 1.07 bits per heavy atom. The molecule has 1 atom stereocenters. The number of methoxy groups -OCH3 is 1. The van der Waals surface area contributed by atoms with Gasteiger partial charge in [0.2, 0.25) is 0 Å². The number of carbonyl (C=O) groups excluding carboxylic acids is 3. The van der Waals surface area contributed by atoms with Crippen molar-refractivity contribution in [2.45, 2.75) is 51.9 Å². The van der Waals surface area contributed by atoms with Crippen LogP contribution in [-0.2, 0) is 25.6 Å². The molecule has 0 fully saturated rings. The summed E-state index contributed by atoms with van der Waals surface area (Å²) in [5, 5.41) is 5.13. The van der Waals surface area contributed by atoms with Crippen LogP contribution in [0.5, 0.6) is 0 Å². The molecule has 0 spiro atoms. The van der Waals surface area contributed by atoms with Gasteiger partial charge in [-0.15, -0.1) is 0 Å². The van der Waals surface area contributed by atoms with Gasteiger partial charge in [0, 0.05) is 6.54 Å². The van der Waals surface area contributed by atoms with E-state index in [1.807, 2.05) is 30.3 Å². The number of benzene rings is 1. The summed E-state index contributed by atoms with van der Waals surface area (Å²) in [6, 6.07) is 8.36. The summed E-state index contributed by atoms with van der Waals surface area (Å²) < 4.78 is 15.0. The summed E-state index contributed by atoms with van der Waals surface area (Å²) in [4.78, 5) is 35.3. The second kappa shape index (κ2) is 12.4. The lowest BCUT2D eigenvalue weighted by atomic mass is 10.2. The minimum atomic E-state index is -0.863. The van der Waals surface area contributed by atoms with Gasteiger partial charge in [-0.3, -0.25) is 0 Å². The van der Waals surface area contributed by atoms with Gasteiger partial charge >= 0.3 is 18.2 Å². The van der Waals surface area contributed by atoms with E-state index in [2.05, 4.69) is 10.6 Å². The van der Waals surface area contributed by atoms with E-state index in [1.165, 1.54) is 7.11 Å². The molecule has 0 aliphatic rings. The van der Waals surface area contributed by atoms with Gasteiger partial charge in [0.15, 0.2) is 0 Å². The predicted molar refractivity (Wildman–Crippen MR) is 108 cm³/mol. The molecule has 0 saturated heterocycles. The lowest BCUT2D eigenvalue weighted by molar-refractivity contribution is -0.142. The number of amides is 2. The third kappa shape index (κ3) is 11.4. The Balaban J connectivity index is 2.37. The smallest absolute Gasteiger partial charge is 0.408 e. The fourth-order valence-electron chi connectivity index (χ4n) is 2.19. The van der Waals surface area contributed by atoms with Crippen LogP contribution < -0.4 is 10.6 Å². The first-order chi connectivity index (χ1) is 13.7. The minimum absolute atomic E-state index is 0.104. The van der Waals surface area contributed by atoms with E-state index in [0.29, 0.717) is 13.0 Å². The van der Waals surface area contributed by atoms with Crippen molar-refractivity contribution in [2.24, 2.45) is 0 Å². The Labute approximate surface area is 171 Å². The van der Waals surface area contributed by atoms with Crippen LogP contribution >= 0.6 is 0 Å². The summed E-state index contributed by atoms with van der Waals surface area (Å²) in [6.45, 7) is 5.86. The third-order valence-electron chi connectivity index (χ3n) is 3.51. The Kier molecular flexibility index (Phi) is 10.3. The van der Waals surface area contributed by atoms with E-state index in [9.17, 15) is 14.4 Å². The number of nitrogens with one attached hydrogen (secondary N) is 2. The second-order valence-corrected chi connectivity index (χ2v) is 7.21. The predicted octanol–water partition coefficient (Wildman–Crippen LogP) is 3.32. The number of hydrogen-bond acceptors (Lipinski definition) is 6. The van der Waals surface area contributed by atoms with Crippen molar-refractivity contribution in [1.29, 1.82) is 0 Å². The summed E-state index contributed by atoms with van der Waals surface area (Å²) in [5.41, 5.74) is 0.295. The molecule has 2 N–H and O–H groups in total. The summed E-state index contributed by atoms with van der Waals surface area (Å²) >= 11 is 0. The average molecular weight is 406 g/mol. The van der Waals surface area contributed by atoms with Crippen molar-refractivity contribution in [3.8, 4) is 0 Å². The average Bonchev–Trinajstić information content (AvgIpc) is 2.66. The lowest BCUT2D eigenvalue weighted by Crippen LogP contribution is -2.41. The molecule has 29 heavy (non-hydrogen) atoms. The molecule has 0 unspecified atom stereocenters. The molecule has 0 heterocycles. The highest BCUT2D eigenvalue weighted by atomic mass is 16.6. The second-order valence-electron chi connectivity index (χ2n) is 7.21. The molecule has 160 valence electrons. The van der Waals surface area contributed by atoms with Crippen molar-refractivity contribution in [3.05, 3.63) is 48.0 Å². The largest absolute Gasteiger partial charge is 0.467 e. The van der Waals surface area contributed by atoms with Crippen LogP contribution in [-0.4, -0.2) is 43.5 Å². The van der Waals surface area contributed by atoms with Gasteiger partial charge in [-0.05, 0) is 39.2 Å². The summed E-state index contributed by atoms with van der Waals surface area (Å²) in [6.07, 6.45) is 3.12. The van der Waals surface area contributed by atoms with Gasteiger partial charge < -0.3 is 24.8 Å². The maximum atomic E-state index is 11.9. The fourth-order valence-corrected chi connectivity index (χ4v) is 2.19. The molecule has 0 aliphatic carbocycles. The maximum Gasteiger partial charge on any atom is 0.408 e. The van der Waals surface area contributed by atoms with Gasteiger partial charge in [-0.25, -0.2) is 14.4 Å². The molecule has 0 bridgehead atoms. The monoisotopic (exact) mass is 406 g/mol. The molecule has 2 amide bonds. The van der Waals surface area contributed by atoms with Crippen LogP contribution in [0.1, 0.15) is 39.2 Å². The van der Waals surface area contributed by atoms with Crippen LogP contribution in [0.3, 0.4) is 0 Å². The Bertz CT molecular complexity index is 682. The van der Waals surface area contributed by atoms with Gasteiger partial charge in [0.05, 0.1) is 7.11 Å². The molecular weight excluding hydrogens is 376 g/mol. The van der Waals surface area contributed by atoms with Crippen molar-refractivity contribution in [2.75, 3.05) is 13.7 Å². The van der Waals surface area contributed by atoms with Gasteiger partial charge in [-0.1, -0.05) is 42.5 Å². The highest BCUT2D eigenvalue weighted by molar-refractivity contribution is 5.81. The first-order valence-corrected chi connectivity index (χ1v) is 9.38. The number of ether oxygens (including phenoxy) is 3. The molecule has 8 heteroatoms. The van der Waals surface area contributed by atoms with E-state index in [-0.39, 0.29) is 13.0 Å². The quantitative estimate of drug-likeness (QED) is 0.282. The zero-order valence-corrected chi connectivity index (χ0v) is 17.4. The Morgan fingerprint density at radius 2 is 1.76 bits per heavy atom. The van der Waals surface area contributed by atoms with Crippen LogP contribution in [0.25, 0.3) is 0 Å². The molecule has 8 nitrogen and oxygen atoms in total. The molecule has 0 saturated carbocycles. The standard InChI is InChI=1S/C21H30N2O6/c1-21(2,3)29-19(25)22-14-10-6-9-13-17(18(24)27-4)23-20(26)28-15-16-11-7-5-8-12-16/h5-9,11-12,17H,10,13-15H2,1-4H3,(H,22,25)(H,23,26)/b9-6+/t17-/m0/s1. The van der Waals surface area contributed by atoms with E-state index in [0.717, 1.165) is 5.56 Å². The number of rotatable bonds is 9. The molecular formula is C21H30N2O6. The molecule has 0 aromatic heterocycles. The molecule has 0 radical (unpaired) electrons. The van der Waals surface area contributed by atoms with E-state index < -0.39 is 29.8 Å². The highest BCUT2D eigenvalue weighted by Gasteiger charge is 2.21. The number of esters is 1. The van der Waals surface area contributed by atoms with Crippen molar-refractivity contribution >= 4 is 18.2 Å². The topological polar surface area (TPSA) is 103 Å². The summed E-state index contributed by atoms with van der Waals surface area (Å²) in [7, 11) is 1.25. The molecule has 1 aromatic carbocycles. The minimum Gasteiger partial charge on any atom is -0.467 e. The molecule has 1 aromatic rings. The maximum absolute atomic E-state index is 11.9.